The second-order valence-electron chi connectivity index (χ2n) is 11.9. The molecule has 7 rings (SSSR count). The van der Waals surface area contributed by atoms with Gasteiger partial charge in [-0.3, -0.25) is 9.59 Å². The molecule has 0 radical (unpaired) electrons. The van der Waals surface area contributed by atoms with Gasteiger partial charge >= 0.3 is 5.97 Å². The van der Waals surface area contributed by atoms with Crippen LogP contribution < -0.4 is 5.32 Å². The lowest BCUT2D eigenvalue weighted by molar-refractivity contribution is -0.169. The molecule has 7 nitrogen and oxygen atoms in total. The third-order valence-electron chi connectivity index (χ3n) is 9.05. The number of rotatable bonds is 8. The Balaban J connectivity index is 1.22. The lowest BCUT2D eigenvalue weighted by atomic mass is 9.54. The van der Waals surface area contributed by atoms with Gasteiger partial charge in [0.1, 0.15) is 5.82 Å². The van der Waals surface area contributed by atoms with Gasteiger partial charge in [0, 0.05) is 11.6 Å². The van der Waals surface area contributed by atoms with Crippen molar-refractivity contribution in [1.82, 2.24) is 9.97 Å². The number of carboxylic acids is 1. The Morgan fingerprint density at radius 2 is 1.75 bits per heavy atom. The van der Waals surface area contributed by atoms with Crippen LogP contribution >= 0.6 is 0 Å². The van der Waals surface area contributed by atoms with E-state index >= 15 is 0 Å². The van der Waals surface area contributed by atoms with Crippen LogP contribution in [0.3, 0.4) is 0 Å². The lowest BCUT2D eigenvalue weighted by Gasteiger charge is -2.56. The molecule has 0 atom stereocenters. The number of hydrogen-bond donors (Lipinski definition) is 3. The highest BCUT2D eigenvalue weighted by atomic mass is 16.5. The van der Waals surface area contributed by atoms with E-state index in [9.17, 15) is 9.59 Å². The molecule has 1 aromatic heterocycles. The van der Waals surface area contributed by atoms with Crippen molar-refractivity contribution in [2.24, 2.45) is 17.8 Å². The molecule has 5 fully saturated rings. The normalized spacial score (nSPS) is 29.4. The summed E-state index contributed by atoms with van der Waals surface area (Å²) in [6.07, 6.45) is 13.3. The number of amides is 1. The summed E-state index contributed by atoms with van der Waals surface area (Å²) in [5, 5.41) is 12.1. The maximum atomic E-state index is 13.4. The van der Waals surface area contributed by atoms with Crippen molar-refractivity contribution in [2.45, 2.75) is 95.2 Å². The number of nitrogens with one attached hydrogen (secondary N) is 2. The maximum absolute atomic E-state index is 13.4. The van der Waals surface area contributed by atoms with E-state index in [4.69, 9.17) is 14.8 Å². The second-order valence-corrected chi connectivity index (χ2v) is 11.9. The molecule has 5 saturated carbocycles. The van der Waals surface area contributed by atoms with Gasteiger partial charge < -0.3 is 20.1 Å². The molecule has 5 aliphatic carbocycles. The molecule has 3 N–H and O–H groups in total. The van der Waals surface area contributed by atoms with E-state index in [1.165, 1.54) is 38.5 Å². The Hall–Kier alpha value is -2.67. The Labute approximate surface area is 212 Å². The van der Waals surface area contributed by atoms with Gasteiger partial charge in [0.05, 0.1) is 24.3 Å². The van der Waals surface area contributed by atoms with E-state index in [1.54, 1.807) is 24.3 Å². The molecule has 0 spiro atoms. The third kappa shape index (κ3) is 4.95. The number of imidazole rings is 1. The fourth-order valence-corrected chi connectivity index (χ4v) is 7.85. The number of ether oxygens (including phenoxy) is 1. The van der Waals surface area contributed by atoms with Gasteiger partial charge in [-0.05, 0) is 86.8 Å². The molecule has 1 amide bonds. The molecule has 5 aliphatic rings. The molecule has 7 heteroatoms. The van der Waals surface area contributed by atoms with Crippen molar-refractivity contribution < 1.29 is 19.4 Å². The average molecular weight is 492 g/mol. The van der Waals surface area contributed by atoms with E-state index in [-0.39, 0.29) is 17.9 Å². The maximum Gasteiger partial charge on any atom is 0.307 e. The van der Waals surface area contributed by atoms with Gasteiger partial charge in [-0.2, -0.15) is 0 Å². The van der Waals surface area contributed by atoms with Crippen LogP contribution in [-0.2, 0) is 22.6 Å². The molecule has 4 bridgehead atoms. The molecule has 2 aromatic rings. The zero-order valence-electron chi connectivity index (χ0n) is 20.9. The van der Waals surface area contributed by atoms with E-state index in [0.717, 1.165) is 61.4 Å². The van der Waals surface area contributed by atoms with Crippen LogP contribution in [0.2, 0.25) is 0 Å². The molecule has 0 saturated heterocycles. The minimum Gasteiger partial charge on any atom is -0.481 e. The fourth-order valence-electron chi connectivity index (χ4n) is 7.85. The quantitative estimate of drug-likeness (QED) is 0.431. The average Bonchev–Trinajstić information content (AvgIpc) is 3.27. The monoisotopic (exact) mass is 491 g/mol. The summed E-state index contributed by atoms with van der Waals surface area (Å²) in [5.41, 5.74) is 2.36. The van der Waals surface area contributed by atoms with Crippen LogP contribution in [0.5, 0.6) is 0 Å². The number of carboxylic acid groups (broad SMARTS) is 1. The summed E-state index contributed by atoms with van der Waals surface area (Å²) in [7, 11) is 0. The Bertz CT molecular complexity index is 1100. The Morgan fingerprint density at radius 3 is 2.42 bits per heavy atom. The number of aliphatic carboxylic acids is 1. The molecule has 0 unspecified atom stereocenters. The van der Waals surface area contributed by atoms with Gasteiger partial charge in [-0.15, -0.1) is 0 Å². The summed E-state index contributed by atoms with van der Waals surface area (Å²) in [4.78, 5) is 32.9. The van der Waals surface area contributed by atoms with Crippen LogP contribution in [0.25, 0.3) is 0 Å². The first-order valence-corrected chi connectivity index (χ1v) is 13.8. The number of benzene rings is 1. The van der Waals surface area contributed by atoms with Crippen LogP contribution in [0.1, 0.15) is 104 Å². The summed E-state index contributed by atoms with van der Waals surface area (Å²) < 4.78 is 6.72. The molecule has 36 heavy (non-hydrogen) atoms. The number of H-pyrrole nitrogens is 1. The van der Waals surface area contributed by atoms with Gasteiger partial charge in [0.25, 0.3) is 5.91 Å². The van der Waals surface area contributed by atoms with Gasteiger partial charge in [-0.25, -0.2) is 4.98 Å². The largest absolute Gasteiger partial charge is 0.481 e. The molecule has 192 valence electrons. The Morgan fingerprint density at radius 1 is 1.06 bits per heavy atom. The van der Waals surface area contributed by atoms with E-state index in [0.29, 0.717) is 29.5 Å². The topological polar surface area (TPSA) is 104 Å². The molecule has 1 heterocycles. The molecule has 0 aliphatic heterocycles. The SMILES string of the molecule is O=C(O)Cc1cccc(NC(=O)c2nc(C3CCCCC3)[nH]c2COC23CC4CC(CC(C4)C2)C3)c1. The van der Waals surface area contributed by atoms with E-state index < -0.39 is 5.97 Å². The number of carbonyl (C=O) groups is 2. The highest BCUT2D eigenvalue weighted by Gasteiger charge is 2.51. The van der Waals surface area contributed by atoms with Crippen LogP contribution in [0.4, 0.5) is 5.69 Å². The zero-order chi connectivity index (χ0) is 24.7. The lowest BCUT2D eigenvalue weighted by Crippen LogP contribution is -2.51. The zero-order valence-corrected chi connectivity index (χ0v) is 20.9. The minimum absolute atomic E-state index is 0.0379. The number of anilines is 1. The first kappa shape index (κ1) is 23.7. The van der Waals surface area contributed by atoms with Crippen molar-refractivity contribution in [1.29, 1.82) is 0 Å². The van der Waals surface area contributed by atoms with Crippen LogP contribution in [-0.4, -0.2) is 32.6 Å². The predicted molar refractivity (Wildman–Crippen MR) is 136 cm³/mol. The summed E-state index contributed by atoms with van der Waals surface area (Å²) in [6, 6.07) is 7.02. The molecular weight excluding hydrogens is 454 g/mol. The van der Waals surface area contributed by atoms with Crippen LogP contribution in [0, 0.1) is 17.8 Å². The van der Waals surface area contributed by atoms with Gasteiger partial charge in [-0.1, -0.05) is 31.4 Å². The number of hydrogen-bond acceptors (Lipinski definition) is 4. The summed E-state index contributed by atoms with van der Waals surface area (Å²) in [6.45, 7) is 0.383. The van der Waals surface area contributed by atoms with Crippen molar-refractivity contribution in [3.63, 3.8) is 0 Å². The highest BCUT2D eigenvalue weighted by molar-refractivity contribution is 6.03. The highest BCUT2D eigenvalue weighted by Crippen LogP contribution is 2.57. The number of nitrogens with zero attached hydrogens (tertiary/aromatic N) is 1. The standard InChI is InChI=1S/C29H37N3O4/c33-25(34)13-18-5-4-8-23(12-18)30-28(35)26-24(31-27(32-26)22-6-2-1-3-7-22)17-36-29-14-19-9-20(15-29)11-21(10-19)16-29/h4-5,8,12,19-22H,1-3,6-7,9-11,13-17H2,(H,30,35)(H,31,32)(H,33,34). The van der Waals surface area contributed by atoms with Crippen molar-refractivity contribution in [3.8, 4) is 0 Å². The fraction of sp³-hybridized carbons (Fsp3) is 0.621. The van der Waals surface area contributed by atoms with Crippen molar-refractivity contribution >= 4 is 17.6 Å². The second kappa shape index (κ2) is 9.66. The van der Waals surface area contributed by atoms with Crippen LogP contribution in [0.15, 0.2) is 24.3 Å². The Kier molecular flexibility index (Phi) is 6.36. The number of aromatic amines is 1. The predicted octanol–water partition coefficient (Wildman–Crippen LogP) is 5.82. The summed E-state index contributed by atoms with van der Waals surface area (Å²) in [5.74, 6) is 2.50. The minimum atomic E-state index is -0.896. The third-order valence-corrected chi connectivity index (χ3v) is 9.05. The van der Waals surface area contributed by atoms with E-state index in [1.807, 2.05) is 0 Å². The van der Waals surface area contributed by atoms with Gasteiger partial charge in [0.15, 0.2) is 5.69 Å². The first-order valence-electron chi connectivity index (χ1n) is 13.8. The first-order chi connectivity index (χ1) is 17.4. The number of aromatic nitrogens is 2. The molecule has 1 aromatic carbocycles. The molecular formula is C29H37N3O4. The summed E-state index contributed by atoms with van der Waals surface area (Å²) >= 11 is 0. The van der Waals surface area contributed by atoms with Crippen molar-refractivity contribution in [2.75, 3.05) is 5.32 Å². The van der Waals surface area contributed by atoms with Gasteiger partial charge in [0.2, 0.25) is 0 Å². The van der Waals surface area contributed by atoms with Crippen molar-refractivity contribution in [3.05, 3.63) is 47.0 Å². The smallest absolute Gasteiger partial charge is 0.307 e. The number of carbonyl (C=O) groups excluding carboxylic acids is 1. The van der Waals surface area contributed by atoms with E-state index in [2.05, 4.69) is 10.3 Å².